The van der Waals surface area contributed by atoms with Gasteiger partial charge in [-0.1, -0.05) is 24.6 Å². The topological polar surface area (TPSA) is 41.6 Å². The first kappa shape index (κ1) is 15.8. The number of ether oxygens (including phenoxy) is 1. The number of nitrogens with one attached hydrogen (secondary N) is 1. The molecule has 116 valence electrons. The van der Waals surface area contributed by atoms with E-state index < -0.39 is 5.54 Å². The van der Waals surface area contributed by atoms with E-state index in [-0.39, 0.29) is 5.97 Å². The SMILES string of the molecule is CCN1CCCC(Nc2ccc(C)cc2)(C(=O)OC)CC1. The van der Waals surface area contributed by atoms with Gasteiger partial charge in [-0.25, -0.2) is 4.79 Å². The van der Waals surface area contributed by atoms with Crippen LogP contribution in [0.25, 0.3) is 0 Å². The molecule has 4 nitrogen and oxygen atoms in total. The summed E-state index contributed by atoms with van der Waals surface area (Å²) < 4.78 is 5.09. The van der Waals surface area contributed by atoms with E-state index in [0.29, 0.717) is 0 Å². The minimum atomic E-state index is -0.603. The molecule has 1 saturated heterocycles. The molecule has 1 aromatic carbocycles. The van der Waals surface area contributed by atoms with Crippen molar-refractivity contribution in [3.8, 4) is 0 Å². The van der Waals surface area contributed by atoms with Gasteiger partial charge < -0.3 is 15.0 Å². The van der Waals surface area contributed by atoms with Gasteiger partial charge in [-0.15, -0.1) is 0 Å². The molecule has 1 aliphatic rings. The lowest BCUT2D eigenvalue weighted by Gasteiger charge is -2.32. The van der Waals surface area contributed by atoms with Crippen molar-refractivity contribution < 1.29 is 9.53 Å². The van der Waals surface area contributed by atoms with E-state index in [4.69, 9.17) is 4.74 Å². The average Bonchev–Trinajstić information content (AvgIpc) is 2.72. The zero-order chi connectivity index (χ0) is 15.3. The Morgan fingerprint density at radius 3 is 2.62 bits per heavy atom. The molecule has 21 heavy (non-hydrogen) atoms. The van der Waals surface area contributed by atoms with Gasteiger partial charge in [-0.2, -0.15) is 0 Å². The molecule has 0 radical (unpaired) electrons. The molecular formula is C17H26N2O2. The Kier molecular flexibility index (Phi) is 5.23. The summed E-state index contributed by atoms with van der Waals surface area (Å²) in [5.74, 6) is -0.152. The highest BCUT2D eigenvalue weighted by atomic mass is 16.5. The van der Waals surface area contributed by atoms with Crippen molar-refractivity contribution in [3.05, 3.63) is 29.8 Å². The first-order valence-corrected chi connectivity index (χ1v) is 7.75. The van der Waals surface area contributed by atoms with Crippen LogP contribution in [0.15, 0.2) is 24.3 Å². The van der Waals surface area contributed by atoms with Crippen molar-refractivity contribution in [1.82, 2.24) is 4.90 Å². The number of likely N-dealkylation sites (tertiary alicyclic amines) is 1. The average molecular weight is 290 g/mol. The summed E-state index contributed by atoms with van der Waals surface area (Å²) in [6.07, 6.45) is 2.59. The summed E-state index contributed by atoms with van der Waals surface area (Å²) in [4.78, 5) is 14.8. The van der Waals surface area contributed by atoms with Gasteiger partial charge >= 0.3 is 5.97 Å². The fraction of sp³-hybridized carbons (Fsp3) is 0.588. The summed E-state index contributed by atoms with van der Waals surface area (Å²) in [6, 6.07) is 8.18. The highest BCUT2D eigenvalue weighted by Gasteiger charge is 2.40. The lowest BCUT2D eigenvalue weighted by atomic mass is 9.90. The first-order chi connectivity index (χ1) is 10.1. The molecule has 0 bridgehead atoms. The molecule has 1 fully saturated rings. The second-order valence-corrected chi connectivity index (χ2v) is 5.85. The fourth-order valence-electron chi connectivity index (χ4n) is 3.00. The second-order valence-electron chi connectivity index (χ2n) is 5.85. The lowest BCUT2D eigenvalue weighted by Crippen LogP contribution is -2.48. The number of carbonyl (C=O) groups is 1. The Morgan fingerprint density at radius 2 is 2.00 bits per heavy atom. The standard InChI is InChI=1S/C17H26N2O2/c1-4-19-12-5-10-17(11-13-19,16(20)21-3)18-15-8-6-14(2)7-9-15/h6-9,18H,4-5,10-13H2,1-3H3. The molecule has 0 saturated carbocycles. The van der Waals surface area contributed by atoms with E-state index in [1.54, 1.807) is 0 Å². The summed E-state index contributed by atoms with van der Waals surface area (Å²) in [7, 11) is 1.48. The van der Waals surface area contributed by atoms with Gasteiger partial charge in [-0.05, 0) is 51.4 Å². The number of methoxy groups -OCH3 is 1. The Balaban J connectivity index is 2.20. The summed E-state index contributed by atoms with van der Waals surface area (Å²) in [6.45, 7) is 7.22. The number of aryl methyl sites for hydroxylation is 1. The predicted molar refractivity (Wildman–Crippen MR) is 85.5 cm³/mol. The second kappa shape index (κ2) is 6.94. The van der Waals surface area contributed by atoms with E-state index in [9.17, 15) is 4.79 Å². The minimum Gasteiger partial charge on any atom is -0.467 e. The van der Waals surface area contributed by atoms with Crippen LogP contribution in [0.5, 0.6) is 0 Å². The molecule has 1 N–H and O–H groups in total. The third-order valence-electron chi connectivity index (χ3n) is 4.39. The molecule has 0 spiro atoms. The number of esters is 1. The van der Waals surface area contributed by atoms with Crippen molar-refractivity contribution in [1.29, 1.82) is 0 Å². The zero-order valence-electron chi connectivity index (χ0n) is 13.3. The van der Waals surface area contributed by atoms with Crippen molar-refractivity contribution in [2.75, 3.05) is 32.1 Å². The third kappa shape index (κ3) is 3.76. The van der Waals surface area contributed by atoms with E-state index in [1.807, 2.05) is 12.1 Å². The van der Waals surface area contributed by atoms with Crippen LogP contribution < -0.4 is 5.32 Å². The van der Waals surface area contributed by atoms with Crippen LogP contribution in [-0.4, -0.2) is 43.2 Å². The van der Waals surface area contributed by atoms with Crippen LogP contribution in [0.3, 0.4) is 0 Å². The third-order valence-corrected chi connectivity index (χ3v) is 4.39. The first-order valence-electron chi connectivity index (χ1n) is 7.75. The van der Waals surface area contributed by atoms with Gasteiger partial charge in [0.05, 0.1) is 7.11 Å². The number of rotatable bonds is 4. The van der Waals surface area contributed by atoms with Gasteiger partial charge in [0, 0.05) is 12.2 Å². The number of benzene rings is 1. The number of carbonyl (C=O) groups excluding carboxylic acids is 1. The van der Waals surface area contributed by atoms with E-state index in [2.05, 4.69) is 36.2 Å². The molecular weight excluding hydrogens is 264 g/mol. The van der Waals surface area contributed by atoms with Crippen molar-refractivity contribution in [2.45, 2.75) is 38.6 Å². The van der Waals surface area contributed by atoms with Crippen LogP contribution in [0.2, 0.25) is 0 Å². The molecule has 2 rings (SSSR count). The highest BCUT2D eigenvalue weighted by molar-refractivity contribution is 5.84. The van der Waals surface area contributed by atoms with Crippen LogP contribution >= 0.6 is 0 Å². The maximum atomic E-state index is 12.4. The monoisotopic (exact) mass is 290 g/mol. The number of anilines is 1. The molecule has 1 aliphatic heterocycles. The largest absolute Gasteiger partial charge is 0.467 e. The smallest absolute Gasteiger partial charge is 0.331 e. The maximum Gasteiger partial charge on any atom is 0.331 e. The van der Waals surface area contributed by atoms with Gasteiger partial charge in [0.2, 0.25) is 0 Å². The maximum absolute atomic E-state index is 12.4. The normalized spacial score (nSPS) is 23.4. The zero-order valence-corrected chi connectivity index (χ0v) is 13.3. The van der Waals surface area contributed by atoms with Crippen molar-refractivity contribution in [3.63, 3.8) is 0 Å². The Bertz CT molecular complexity index is 472. The van der Waals surface area contributed by atoms with Crippen molar-refractivity contribution >= 4 is 11.7 Å². The van der Waals surface area contributed by atoms with E-state index in [0.717, 1.165) is 44.6 Å². The molecule has 4 heteroatoms. The lowest BCUT2D eigenvalue weighted by molar-refractivity contribution is -0.146. The van der Waals surface area contributed by atoms with Gasteiger partial charge in [0.15, 0.2) is 0 Å². The van der Waals surface area contributed by atoms with Crippen LogP contribution in [-0.2, 0) is 9.53 Å². The number of hydrogen-bond donors (Lipinski definition) is 1. The molecule has 1 atom stereocenters. The molecule has 1 aromatic rings. The Hall–Kier alpha value is -1.55. The summed E-state index contributed by atoms with van der Waals surface area (Å²) in [5, 5.41) is 3.46. The van der Waals surface area contributed by atoms with Crippen LogP contribution in [0.4, 0.5) is 5.69 Å². The highest BCUT2D eigenvalue weighted by Crippen LogP contribution is 2.28. The molecule has 0 amide bonds. The van der Waals surface area contributed by atoms with Gasteiger partial charge in [0.25, 0.3) is 0 Å². The molecule has 1 unspecified atom stereocenters. The minimum absolute atomic E-state index is 0.152. The van der Waals surface area contributed by atoms with Gasteiger partial charge in [0.1, 0.15) is 5.54 Å². The quantitative estimate of drug-likeness (QED) is 0.866. The Labute approximate surface area is 127 Å². The van der Waals surface area contributed by atoms with E-state index in [1.165, 1.54) is 12.7 Å². The number of nitrogens with zero attached hydrogens (tertiary/aromatic N) is 1. The fourth-order valence-corrected chi connectivity index (χ4v) is 3.00. The Morgan fingerprint density at radius 1 is 1.29 bits per heavy atom. The van der Waals surface area contributed by atoms with E-state index >= 15 is 0 Å². The molecule has 0 aliphatic carbocycles. The summed E-state index contributed by atoms with van der Waals surface area (Å²) in [5.41, 5.74) is 1.59. The number of hydrogen-bond acceptors (Lipinski definition) is 4. The molecule has 1 heterocycles. The van der Waals surface area contributed by atoms with Crippen LogP contribution in [0.1, 0.15) is 31.7 Å². The van der Waals surface area contributed by atoms with Crippen LogP contribution in [0, 0.1) is 6.92 Å². The summed E-state index contributed by atoms with van der Waals surface area (Å²) >= 11 is 0. The van der Waals surface area contributed by atoms with Crippen molar-refractivity contribution in [2.24, 2.45) is 0 Å². The molecule has 0 aromatic heterocycles. The predicted octanol–water partition coefficient (Wildman–Crippen LogP) is 2.82. The van der Waals surface area contributed by atoms with Gasteiger partial charge in [-0.3, -0.25) is 0 Å².